The van der Waals surface area contributed by atoms with Crippen LogP contribution in [0.25, 0.3) is 6.08 Å². The summed E-state index contributed by atoms with van der Waals surface area (Å²) < 4.78 is 18.4. The van der Waals surface area contributed by atoms with Crippen molar-refractivity contribution < 1.29 is 13.9 Å². The summed E-state index contributed by atoms with van der Waals surface area (Å²) >= 11 is 6.08. The molecule has 2 aliphatic rings. The second-order valence-corrected chi connectivity index (χ2v) is 8.31. The van der Waals surface area contributed by atoms with Gasteiger partial charge < -0.3 is 15.4 Å². The van der Waals surface area contributed by atoms with Gasteiger partial charge in [-0.05, 0) is 48.7 Å². The lowest BCUT2D eigenvalue weighted by Crippen LogP contribution is -2.55. The van der Waals surface area contributed by atoms with Crippen molar-refractivity contribution in [3.8, 4) is 5.75 Å². The van der Waals surface area contributed by atoms with Crippen molar-refractivity contribution in [1.29, 1.82) is 0 Å². The standard InChI is InChI=1S/C23H25ClFN3O2/c1-30-22-10-16(21(26)11-20(22)24)4-9-23(29)28-18-7-8-19(28)14-27(13-18)12-15-2-5-17(25)6-3-15/h2-6,9-11,18-19H,7-8,12-14,26H2,1H3/b9-4+. The minimum Gasteiger partial charge on any atom is -0.495 e. The zero-order chi connectivity index (χ0) is 21.3. The first-order chi connectivity index (χ1) is 14.4. The molecule has 2 aliphatic heterocycles. The summed E-state index contributed by atoms with van der Waals surface area (Å²) in [6, 6.07) is 10.4. The number of likely N-dealkylation sites (tertiary alicyclic amines) is 1. The highest BCUT2D eigenvalue weighted by Crippen LogP contribution is 2.32. The van der Waals surface area contributed by atoms with E-state index >= 15 is 0 Å². The molecular formula is C23H25ClFN3O2. The lowest BCUT2D eigenvalue weighted by atomic mass is 10.1. The number of hydrogen-bond acceptors (Lipinski definition) is 4. The number of piperazine rings is 1. The Morgan fingerprint density at radius 2 is 1.90 bits per heavy atom. The van der Waals surface area contributed by atoms with Crippen molar-refractivity contribution in [2.75, 3.05) is 25.9 Å². The highest BCUT2D eigenvalue weighted by atomic mass is 35.5. The number of carbonyl (C=O) groups excluding carboxylic acids is 1. The molecule has 2 aromatic rings. The van der Waals surface area contributed by atoms with Crippen LogP contribution in [0.2, 0.25) is 5.02 Å². The van der Waals surface area contributed by atoms with Crippen molar-refractivity contribution in [1.82, 2.24) is 9.80 Å². The predicted octanol–water partition coefficient (Wildman–Crippen LogP) is 3.96. The number of ether oxygens (including phenoxy) is 1. The number of benzene rings is 2. The maximum absolute atomic E-state index is 13.1. The van der Waals surface area contributed by atoms with Crippen molar-refractivity contribution in [3.63, 3.8) is 0 Å². The van der Waals surface area contributed by atoms with Crippen molar-refractivity contribution in [2.24, 2.45) is 0 Å². The molecule has 5 nitrogen and oxygen atoms in total. The summed E-state index contributed by atoms with van der Waals surface area (Å²) in [5.41, 5.74) is 8.31. The number of rotatable bonds is 5. The number of nitrogens with zero attached hydrogens (tertiary/aromatic N) is 2. The van der Waals surface area contributed by atoms with E-state index in [4.69, 9.17) is 22.1 Å². The van der Waals surface area contributed by atoms with Crippen LogP contribution in [-0.2, 0) is 11.3 Å². The van der Waals surface area contributed by atoms with Gasteiger partial charge in [0.05, 0.1) is 12.1 Å². The number of halogens is 2. The van der Waals surface area contributed by atoms with Crippen molar-refractivity contribution >= 4 is 29.3 Å². The Morgan fingerprint density at radius 3 is 2.53 bits per heavy atom. The molecule has 2 bridgehead atoms. The zero-order valence-electron chi connectivity index (χ0n) is 16.9. The van der Waals surface area contributed by atoms with Crippen LogP contribution in [-0.4, -0.2) is 48.0 Å². The molecule has 2 atom stereocenters. The Labute approximate surface area is 180 Å². The molecule has 2 heterocycles. The molecule has 2 saturated heterocycles. The number of carbonyl (C=O) groups is 1. The van der Waals surface area contributed by atoms with Gasteiger partial charge in [0.1, 0.15) is 11.6 Å². The number of methoxy groups -OCH3 is 1. The van der Waals surface area contributed by atoms with Gasteiger partial charge in [-0.1, -0.05) is 23.7 Å². The Balaban J connectivity index is 1.42. The summed E-state index contributed by atoms with van der Waals surface area (Å²) in [5, 5.41) is 0.439. The van der Waals surface area contributed by atoms with Crippen LogP contribution in [0.1, 0.15) is 24.0 Å². The average molecular weight is 430 g/mol. The average Bonchev–Trinajstić information content (AvgIpc) is 2.99. The fourth-order valence-corrected chi connectivity index (χ4v) is 4.71. The van der Waals surface area contributed by atoms with Gasteiger partial charge in [0.2, 0.25) is 5.91 Å². The molecule has 30 heavy (non-hydrogen) atoms. The molecule has 2 unspecified atom stereocenters. The van der Waals surface area contributed by atoms with Gasteiger partial charge in [-0.15, -0.1) is 0 Å². The monoisotopic (exact) mass is 429 g/mol. The highest BCUT2D eigenvalue weighted by molar-refractivity contribution is 6.32. The third kappa shape index (κ3) is 4.30. The van der Waals surface area contributed by atoms with Gasteiger partial charge >= 0.3 is 0 Å². The number of anilines is 1. The predicted molar refractivity (Wildman–Crippen MR) is 117 cm³/mol. The van der Waals surface area contributed by atoms with E-state index in [1.807, 2.05) is 17.0 Å². The quantitative estimate of drug-likeness (QED) is 0.577. The topological polar surface area (TPSA) is 58.8 Å². The lowest BCUT2D eigenvalue weighted by Gasteiger charge is -2.40. The summed E-state index contributed by atoms with van der Waals surface area (Å²) in [4.78, 5) is 17.3. The molecule has 158 valence electrons. The van der Waals surface area contributed by atoms with Crippen LogP contribution in [0.3, 0.4) is 0 Å². The van der Waals surface area contributed by atoms with Gasteiger partial charge in [-0.2, -0.15) is 0 Å². The fraction of sp³-hybridized carbons (Fsp3) is 0.348. The molecule has 1 amide bonds. The van der Waals surface area contributed by atoms with Crippen LogP contribution < -0.4 is 10.5 Å². The van der Waals surface area contributed by atoms with Gasteiger partial charge in [-0.25, -0.2) is 4.39 Å². The highest BCUT2D eigenvalue weighted by Gasteiger charge is 2.41. The summed E-state index contributed by atoms with van der Waals surface area (Å²) in [7, 11) is 1.54. The third-order valence-corrected chi connectivity index (χ3v) is 6.19. The second kappa shape index (κ2) is 8.66. The van der Waals surface area contributed by atoms with E-state index in [-0.39, 0.29) is 23.8 Å². The first-order valence-corrected chi connectivity index (χ1v) is 10.4. The molecule has 0 radical (unpaired) electrons. The van der Waals surface area contributed by atoms with Crippen LogP contribution in [0, 0.1) is 5.82 Å². The number of hydrogen-bond donors (Lipinski definition) is 1. The first-order valence-electron chi connectivity index (χ1n) is 10.0. The minimum atomic E-state index is -0.222. The van der Waals surface area contributed by atoms with E-state index < -0.39 is 0 Å². The van der Waals surface area contributed by atoms with E-state index in [0.717, 1.165) is 38.0 Å². The van der Waals surface area contributed by atoms with E-state index in [0.29, 0.717) is 22.0 Å². The molecule has 0 aromatic heterocycles. The van der Waals surface area contributed by atoms with Gasteiger partial charge in [-0.3, -0.25) is 9.69 Å². The van der Waals surface area contributed by atoms with E-state index in [1.165, 1.54) is 12.1 Å². The Hall–Kier alpha value is -2.57. The van der Waals surface area contributed by atoms with Gasteiger partial charge in [0, 0.05) is 49.0 Å². The Morgan fingerprint density at radius 1 is 1.23 bits per heavy atom. The zero-order valence-corrected chi connectivity index (χ0v) is 17.6. The molecule has 7 heteroatoms. The normalized spacial score (nSPS) is 21.4. The van der Waals surface area contributed by atoms with Crippen LogP contribution >= 0.6 is 11.6 Å². The van der Waals surface area contributed by atoms with E-state index in [9.17, 15) is 9.18 Å². The Bertz CT molecular complexity index is 950. The van der Waals surface area contributed by atoms with Crippen molar-refractivity contribution in [2.45, 2.75) is 31.5 Å². The molecular weight excluding hydrogens is 405 g/mol. The molecule has 0 spiro atoms. The minimum absolute atomic E-state index is 0.00255. The van der Waals surface area contributed by atoms with E-state index in [2.05, 4.69) is 4.90 Å². The number of fused-ring (bicyclic) bond motifs is 2. The molecule has 0 saturated carbocycles. The van der Waals surface area contributed by atoms with Crippen molar-refractivity contribution in [3.05, 3.63) is 64.4 Å². The number of nitrogens with two attached hydrogens (primary N) is 1. The molecule has 4 rings (SSSR count). The molecule has 2 fully saturated rings. The summed E-state index contributed by atoms with van der Waals surface area (Å²) in [6.45, 7) is 2.42. The van der Waals surface area contributed by atoms with Crippen LogP contribution in [0.5, 0.6) is 5.75 Å². The molecule has 2 N–H and O–H groups in total. The summed E-state index contributed by atoms with van der Waals surface area (Å²) in [5.74, 6) is 0.296. The maximum atomic E-state index is 13.1. The van der Waals surface area contributed by atoms with Crippen LogP contribution in [0.4, 0.5) is 10.1 Å². The SMILES string of the molecule is COc1cc(/C=C/C(=O)N2C3CCC2CN(Cc2ccc(F)cc2)C3)c(N)cc1Cl. The lowest BCUT2D eigenvalue weighted by molar-refractivity contribution is -0.131. The number of amides is 1. The second-order valence-electron chi connectivity index (χ2n) is 7.90. The third-order valence-electron chi connectivity index (χ3n) is 5.89. The van der Waals surface area contributed by atoms with Crippen LogP contribution in [0.15, 0.2) is 42.5 Å². The van der Waals surface area contributed by atoms with E-state index in [1.54, 1.807) is 31.4 Å². The number of nitrogen functional groups attached to an aromatic ring is 1. The molecule has 0 aliphatic carbocycles. The van der Waals surface area contributed by atoms with Gasteiger partial charge in [0.25, 0.3) is 0 Å². The smallest absolute Gasteiger partial charge is 0.247 e. The summed E-state index contributed by atoms with van der Waals surface area (Å²) in [6.07, 6.45) is 5.31. The molecule has 2 aromatic carbocycles. The Kier molecular flexibility index (Phi) is 5.97. The fourth-order valence-electron chi connectivity index (χ4n) is 4.46. The largest absolute Gasteiger partial charge is 0.495 e. The van der Waals surface area contributed by atoms with Gasteiger partial charge in [0.15, 0.2) is 0 Å². The maximum Gasteiger partial charge on any atom is 0.247 e. The first kappa shape index (κ1) is 20.7.